The van der Waals surface area contributed by atoms with Crippen molar-refractivity contribution in [1.82, 2.24) is 24.6 Å². The number of aromatic amines is 1. The molecule has 0 saturated heterocycles. The van der Waals surface area contributed by atoms with E-state index < -0.39 is 17.8 Å². The molecule has 2 aromatic carbocycles. The van der Waals surface area contributed by atoms with Gasteiger partial charge in [0.25, 0.3) is 0 Å². The van der Waals surface area contributed by atoms with Crippen molar-refractivity contribution in [1.29, 1.82) is 0 Å². The first-order chi connectivity index (χ1) is 15.4. The third-order valence-electron chi connectivity index (χ3n) is 4.71. The van der Waals surface area contributed by atoms with E-state index >= 15 is 0 Å². The number of hydrogen-bond donors (Lipinski definition) is 4. The summed E-state index contributed by atoms with van der Waals surface area (Å²) in [6.45, 7) is 0. The lowest BCUT2D eigenvalue weighted by Crippen LogP contribution is -2.03. The van der Waals surface area contributed by atoms with Crippen LogP contribution in [0.1, 0.15) is 0 Å². The van der Waals surface area contributed by atoms with Crippen LogP contribution < -0.4 is 15.8 Å². The summed E-state index contributed by atoms with van der Waals surface area (Å²) in [6, 6.07) is 8.66. The second-order valence-corrected chi connectivity index (χ2v) is 6.74. The summed E-state index contributed by atoms with van der Waals surface area (Å²) in [7, 11) is 0. The Bertz CT molecular complexity index is 1500. The van der Waals surface area contributed by atoms with E-state index in [4.69, 9.17) is 15.6 Å². The van der Waals surface area contributed by atoms with E-state index in [1.165, 1.54) is 17.0 Å². The van der Waals surface area contributed by atoms with Crippen molar-refractivity contribution >= 4 is 40.2 Å². The maximum atomic E-state index is 13.9. The predicted octanol–water partition coefficient (Wildman–Crippen LogP) is 3.93. The van der Waals surface area contributed by atoms with Crippen LogP contribution in [0.15, 0.2) is 48.9 Å². The lowest BCUT2D eigenvalue weighted by atomic mass is 10.1. The molecule has 0 aliphatic rings. The van der Waals surface area contributed by atoms with Crippen molar-refractivity contribution in [3.05, 3.63) is 60.6 Å². The zero-order chi connectivity index (χ0) is 22.4. The van der Waals surface area contributed by atoms with E-state index in [1.54, 1.807) is 24.3 Å². The van der Waals surface area contributed by atoms with Crippen LogP contribution in [-0.4, -0.2) is 35.8 Å². The number of nitrogens with two attached hydrogens (primary N) is 1. The van der Waals surface area contributed by atoms with Gasteiger partial charge >= 0.3 is 6.16 Å². The molecule has 0 fully saturated rings. The second kappa shape index (κ2) is 7.19. The molecular weight excluding hydrogens is 424 g/mol. The molecule has 10 nitrogen and oxygen atoms in total. The van der Waals surface area contributed by atoms with Gasteiger partial charge in [0.05, 0.1) is 17.3 Å². The van der Waals surface area contributed by atoms with E-state index in [1.807, 2.05) is 0 Å². The molecule has 5 aromatic rings. The molecule has 0 aliphatic heterocycles. The topological polar surface area (TPSA) is 143 Å². The molecule has 3 heterocycles. The molecule has 0 saturated carbocycles. The molecule has 0 aliphatic carbocycles. The zero-order valence-electron chi connectivity index (χ0n) is 16.0. The SMILES string of the molecule is Nc1ncnn2cc(OC(=O)O)c(-c3ccc(Nc4nc5cc(F)cc(F)c5[nH]4)cc3)c12. The van der Waals surface area contributed by atoms with E-state index in [-0.39, 0.29) is 28.5 Å². The van der Waals surface area contributed by atoms with Crippen LogP contribution in [0, 0.1) is 11.6 Å². The van der Waals surface area contributed by atoms with Gasteiger partial charge in [0.15, 0.2) is 17.4 Å². The van der Waals surface area contributed by atoms with Gasteiger partial charge < -0.3 is 25.9 Å². The predicted molar refractivity (Wildman–Crippen MR) is 111 cm³/mol. The summed E-state index contributed by atoms with van der Waals surface area (Å²) in [6.07, 6.45) is 1.15. The minimum Gasteiger partial charge on any atom is -0.449 e. The van der Waals surface area contributed by atoms with Crippen LogP contribution in [-0.2, 0) is 0 Å². The number of ether oxygens (including phenoxy) is 1. The second-order valence-electron chi connectivity index (χ2n) is 6.74. The molecule has 0 unspecified atom stereocenters. The Morgan fingerprint density at radius 1 is 1.22 bits per heavy atom. The van der Waals surface area contributed by atoms with Crippen molar-refractivity contribution in [3.63, 3.8) is 0 Å². The highest BCUT2D eigenvalue weighted by Gasteiger charge is 2.20. The number of imidazole rings is 1. The summed E-state index contributed by atoms with van der Waals surface area (Å²) in [5.74, 6) is -1.06. The molecule has 5 N–H and O–H groups in total. The minimum atomic E-state index is -1.49. The van der Waals surface area contributed by atoms with Gasteiger partial charge in [-0.2, -0.15) is 5.10 Å². The standard InChI is InChI=1S/C20H13F2N7O3/c21-10-5-12(22)16-13(6-10)27-19(28-16)26-11-3-1-9(2-4-11)15-14(32-20(30)31)7-29-17(15)18(23)24-8-25-29/h1-8H,(H,30,31)(H2,23,24,25)(H2,26,27,28). The molecule has 0 spiro atoms. The highest BCUT2D eigenvalue weighted by molar-refractivity contribution is 5.93. The lowest BCUT2D eigenvalue weighted by molar-refractivity contribution is 0.144. The molecular formula is C20H13F2N7O3. The molecule has 0 radical (unpaired) electrons. The summed E-state index contributed by atoms with van der Waals surface area (Å²) in [4.78, 5) is 22.0. The summed E-state index contributed by atoms with van der Waals surface area (Å²) in [5.41, 5.74) is 8.17. The van der Waals surface area contributed by atoms with E-state index in [9.17, 15) is 13.6 Å². The van der Waals surface area contributed by atoms with Crippen molar-refractivity contribution in [2.24, 2.45) is 0 Å². The highest BCUT2D eigenvalue weighted by Crippen LogP contribution is 2.38. The molecule has 12 heteroatoms. The monoisotopic (exact) mass is 437 g/mol. The van der Waals surface area contributed by atoms with Crippen LogP contribution in [0.2, 0.25) is 0 Å². The van der Waals surface area contributed by atoms with Gasteiger partial charge in [-0.1, -0.05) is 12.1 Å². The van der Waals surface area contributed by atoms with Gasteiger partial charge in [0, 0.05) is 17.8 Å². The maximum absolute atomic E-state index is 13.9. The molecule has 32 heavy (non-hydrogen) atoms. The number of benzene rings is 2. The van der Waals surface area contributed by atoms with Crippen LogP contribution in [0.4, 0.5) is 31.0 Å². The third-order valence-corrected chi connectivity index (χ3v) is 4.71. The highest BCUT2D eigenvalue weighted by atomic mass is 19.1. The number of nitrogen functional groups attached to an aromatic ring is 1. The van der Waals surface area contributed by atoms with Crippen molar-refractivity contribution in [3.8, 4) is 16.9 Å². The molecule has 0 amide bonds. The Morgan fingerprint density at radius 2 is 2.00 bits per heavy atom. The lowest BCUT2D eigenvalue weighted by Gasteiger charge is -2.07. The number of fused-ring (bicyclic) bond motifs is 2. The van der Waals surface area contributed by atoms with Gasteiger partial charge in [-0.3, -0.25) is 0 Å². The molecule has 0 bridgehead atoms. The van der Waals surface area contributed by atoms with Gasteiger partial charge in [-0.25, -0.2) is 28.1 Å². The van der Waals surface area contributed by atoms with Crippen molar-refractivity contribution in [2.75, 3.05) is 11.1 Å². The number of carbonyl (C=O) groups is 1. The number of anilines is 3. The average Bonchev–Trinajstić information content (AvgIpc) is 3.30. The molecule has 160 valence electrons. The quantitative estimate of drug-likeness (QED) is 0.310. The van der Waals surface area contributed by atoms with Crippen LogP contribution in [0.25, 0.3) is 27.7 Å². The average molecular weight is 437 g/mol. The van der Waals surface area contributed by atoms with Crippen molar-refractivity contribution in [2.45, 2.75) is 0 Å². The maximum Gasteiger partial charge on any atom is 0.511 e. The molecule has 5 rings (SSSR count). The Labute approximate surface area is 177 Å². The number of H-pyrrole nitrogens is 1. The van der Waals surface area contributed by atoms with Crippen LogP contribution in [0.5, 0.6) is 5.75 Å². The summed E-state index contributed by atoms with van der Waals surface area (Å²) < 4.78 is 33.5. The first-order valence-electron chi connectivity index (χ1n) is 9.14. The Kier molecular flexibility index (Phi) is 4.32. The Balaban J connectivity index is 1.51. The fourth-order valence-corrected chi connectivity index (χ4v) is 3.42. The normalized spacial score (nSPS) is 11.2. The first kappa shape index (κ1) is 19.2. The zero-order valence-corrected chi connectivity index (χ0v) is 16.0. The summed E-state index contributed by atoms with van der Waals surface area (Å²) in [5, 5.41) is 16.1. The van der Waals surface area contributed by atoms with E-state index in [0.29, 0.717) is 22.3 Å². The number of rotatable bonds is 4. The van der Waals surface area contributed by atoms with Gasteiger partial charge in [0.2, 0.25) is 5.95 Å². The number of hydrogen-bond acceptors (Lipinski definition) is 7. The van der Waals surface area contributed by atoms with Gasteiger partial charge in [-0.05, 0) is 17.7 Å². The van der Waals surface area contributed by atoms with Crippen LogP contribution >= 0.6 is 0 Å². The van der Waals surface area contributed by atoms with E-state index in [2.05, 4.69) is 25.4 Å². The number of halogens is 2. The fourth-order valence-electron chi connectivity index (χ4n) is 3.42. The smallest absolute Gasteiger partial charge is 0.449 e. The minimum absolute atomic E-state index is 0.0418. The Hall–Kier alpha value is -4.74. The summed E-state index contributed by atoms with van der Waals surface area (Å²) >= 11 is 0. The number of aromatic nitrogens is 5. The van der Waals surface area contributed by atoms with Gasteiger partial charge in [0.1, 0.15) is 23.2 Å². The largest absolute Gasteiger partial charge is 0.511 e. The third kappa shape index (κ3) is 3.29. The number of carboxylic acid groups (broad SMARTS) is 1. The molecule has 0 atom stereocenters. The van der Waals surface area contributed by atoms with E-state index in [0.717, 1.165) is 12.1 Å². The first-order valence-corrected chi connectivity index (χ1v) is 9.14. The molecule has 3 aromatic heterocycles. The van der Waals surface area contributed by atoms with Crippen LogP contribution in [0.3, 0.4) is 0 Å². The van der Waals surface area contributed by atoms with Gasteiger partial charge in [-0.15, -0.1) is 0 Å². The Morgan fingerprint density at radius 3 is 2.75 bits per heavy atom. The fraction of sp³-hybridized carbons (Fsp3) is 0. The number of nitrogens with one attached hydrogen (secondary N) is 2. The van der Waals surface area contributed by atoms with Crippen molar-refractivity contribution < 1.29 is 23.4 Å². The number of nitrogens with zero attached hydrogens (tertiary/aromatic N) is 4.